The van der Waals surface area contributed by atoms with Crippen LogP contribution in [0.25, 0.3) is 0 Å². The van der Waals surface area contributed by atoms with Gasteiger partial charge in [0.15, 0.2) is 0 Å². The second-order valence-electron chi connectivity index (χ2n) is 5.51. The van der Waals surface area contributed by atoms with Gasteiger partial charge in [0, 0.05) is 31.5 Å². The number of aryl methyl sites for hydroxylation is 1. The van der Waals surface area contributed by atoms with Gasteiger partial charge < -0.3 is 10.2 Å². The Labute approximate surface area is 122 Å². The van der Waals surface area contributed by atoms with E-state index >= 15 is 0 Å². The van der Waals surface area contributed by atoms with Crippen LogP contribution in [0.15, 0.2) is 54.6 Å². The molecule has 0 heterocycles. The van der Waals surface area contributed by atoms with Crippen LogP contribution in [0.2, 0.25) is 0 Å². The summed E-state index contributed by atoms with van der Waals surface area (Å²) in [5.41, 5.74) is 3.85. The summed E-state index contributed by atoms with van der Waals surface area (Å²) >= 11 is 0. The van der Waals surface area contributed by atoms with Crippen molar-refractivity contribution in [3.05, 3.63) is 60.2 Å². The molecule has 0 fully saturated rings. The van der Waals surface area contributed by atoms with E-state index in [1.807, 2.05) is 6.07 Å². The molecular formula is C18H24N2. The van der Waals surface area contributed by atoms with Crippen molar-refractivity contribution in [2.75, 3.05) is 24.3 Å². The molecule has 2 heteroatoms. The molecule has 2 nitrogen and oxygen atoms in total. The van der Waals surface area contributed by atoms with Gasteiger partial charge in [-0.1, -0.05) is 30.3 Å². The summed E-state index contributed by atoms with van der Waals surface area (Å²) in [6, 6.07) is 19.7. The Bertz CT molecular complexity index is 503. The van der Waals surface area contributed by atoms with Gasteiger partial charge in [0.1, 0.15) is 0 Å². The summed E-state index contributed by atoms with van der Waals surface area (Å²) < 4.78 is 0. The maximum atomic E-state index is 3.53. The number of para-hydroxylation sites is 1. The average molecular weight is 268 g/mol. The third kappa shape index (κ3) is 4.30. The molecule has 0 aliphatic heterocycles. The minimum absolute atomic E-state index is 0.478. The van der Waals surface area contributed by atoms with Crippen LogP contribution in [0, 0.1) is 0 Å². The van der Waals surface area contributed by atoms with Gasteiger partial charge in [0.05, 0.1) is 0 Å². The first-order valence-corrected chi connectivity index (χ1v) is 7.23. The number of hydrogen-bond donors (Lipinski definition) is 1. The van der Waals surface area contributed by atoms with Crippen molar-refractivity contribution in [2.24, 2.45) is 0 Å². The summed E-state index contributed by atoms with van der Waals surface area (Å²) in [5, 5.41) is 3.53. The predicted octanol–water partition coefficient (Wildman–Crippen LogP) is 4.19. The monoisotopic (exact) mass is 268 g/mol. The van der Waals surface area contributed by atoms with E-state index in [1.165, 1.54) is 16.9 Å². The Balaban J connectivity index is 1.82. The maximum Gasteiger partial charge on any atom is 0.0361 e. The maximum absolute atomic E-state index is 3.53. The van der Waals surface area contributed by atoms with Crippen molar-refractivity contribution in [3.63, 3.8) is 0 Å². The highest BCUT2D eigenvalue weighted by Crippen LogP contribution is 2.15. The number of anilines is 2. The molecule has 1 unspecified atom stereocenters. The van der Waals surface area contributed by atoms with Crippen molar-refractivity contribution >= 4 is 11.4 Å². The Morgan fingerprint density at radius 2 is 1.60 bits per heavy atom. The molecule has 2 aromatic carbocycles. The molecule has 1 atom stereocenters. The Morgan fingerprint density at radius 3 is 2.20 bits per heavy atom. The molecule has 0 aromatic heterocycles. The highest BCUT2D eigenvalue weighted by Gasteiger charge is 2.03. The normalized spacial score (nSPS) is 11.9. The van der Waals surface area contributed by atoms with Crippen molar-refractivity contribution in [2.45, 2.75) is 25.8 Å². The molecule has 0 saturated carbocycles. The lowest BCUT2D eigenvalue weighted by molar-refractivity contribution is 0.706. The Hall–Kier alpha value is -1.96. The van der Waals surface area contributed by atoms with Crippen LogP contribution in [0.4, 0.5) is 11.4 Å². The van der Waals surface area contributed by atoms with Gasteiger partial charge in [0.25, 0.3) is 0 Å². The van der Waals surface area contributed by atoms with Gasteiger partial charge >= 0.3 is 0 Å². The summed E-state index contributed by atoms with van der Waals surface area (Å²) in [4.78, 5) is 2.13. The van der Waals surface area contributed by atoms with Gasteiger partial charge in [0.2, 0.25) is 0 Å². The van der Waals surface area contributed by atoms with Crippen molar-refractivity contribution in [3.8, 4) is 0 Å². The fourth-order valence-corrected chi connectivity index (χ4v) is 2.23. The lowest BCUT2D eigenvalue weighted by Gasteiger charge is -2.16. The SMILES string of the molecule is CC(CCc1ccc(N(C)C)cc1)Nc1ccccc1. The van der Waals surface area contributed by atoms with E-state index in [1.54, 1.807) is 0 Å². The highest BCUT2D eigenvalue weighted by atomic mass is 15.1. The van der Waals surface area contributed by atoms with Crippen LogP contribution in [0.5, 0.6) is 0 Å². The zero-order chi connectivity index (χ0) is 14.4. The first kappa shape index (κ1) is 14.4. The van der Waals surface area contributed by atoms with Gasteiger partial charge in [-0.3, -0.25) is 0 Å². The van der Waals surface area contributed by atoms with Gasteiger partial charge in [-0.15, -0.1) is 0 Å². The molecule has 1 N–H and O–H groups in total. The fraction of sp³-hybridized carbons (Fsp3) is 0.333. The molecule has 0 aliphatic rings. The van der Waals surface area contributed by atoms with Crippen molar-refractivity contribution in [1.29, 1.82) is 0 Å². The predicted molar refractivity (Wildman–Crippen MR) is 88.6 cm³/mol. The van der Waals surface area contributed by atoms with E-state index in [4.69, 9.17) is 0 Å². The Kier molecular flexibility index (Phi) is 5.05. The van der Waals surface area contributed by atoms with Gasteiger partial charge in [-0.2, -0.15) is 0 Å². The summed E-state index contributed by atoms with van der Waals surface area (Å²) in [5.74, 6) is 0. The first-order chi connectivity index (χ1) is 9.65. The first-order valence-electron chi connectivity index (χ1n) is 7.23. The van der Waals surface area contributed by atoms with Crippen molar-refractivity contribution < 1.29 is 0 Å². The summed E-state index contributed by atoms with van der Waals surface area (Å²) in [6.07, 6.45) is 2.24. The topological polar surface area (TPSA) is 15.3 Å². The third-order valence-electron chi connectivity index (χ3n) is 3.51. The van der Waals surface area contributed by atoms with Crippen LogP contribution in [-0.4, -0.2) is 20.1 Å². The van der Waals surface area contributed by atoms with E-state index in [2.05, 4.69) is 79.8 Å². The standard InChI is InChI=1S/C18H24N2/c1-15(19-17-7-5-4-6-8-17)9-10-16-11-13-18(14-12-16)20(2)3/h4-8,11-15,19H,9-10H2,1-3H3. The minimum Gasteiger partial charge on any atom is -0.383 e. The van der Waals surface area contributed by atoms with Gasteiger partial charge in [-0.25, -0.2) is 0 Å². The van der Waals surface area contributed by atoms with Crippen LogP contribution in [0.1, 0.15) is 18.9 Å². The molecule has 0 amide bonds. The molecule has 0 radical (unpaired) electrons. The number of nitrogens with zero attached hydrogens (tertiary/aromatic N) is 1. The molecule has 20 heavy (non-hydrogen) atoms. The molecule has 0 spiro atoms. The quantitative estimate of drug-likeness (QED) is 0.845. The number of rotatable bonds is 6. The average Bonchev–Trinajstić information content (AvgIpc) is 2.46. The second kappa shape index (κ2) is 6.99. The van der Waals surface area contributed by atoms with E-state index in [9.17, 15) is 0 Å². The van der Waals surface area contributed by atoms with E-state index in [-0.39, 0.29) is 0 Å². The second-order valence-corrected chi connectivity index (χ2v) is 5.51. The Morgan fingerprint density at radius 1 is 0.950 bits per heavy atom. The van der Waals surface area contributed by atoms with Crippen molar-refractivity contribution in [1.82, 2.24) is 0 Å². The molecular weight excluding hydrogens is 244 g/mol. The molecule has 2 rings (SSSR count). The summed E-state index contributed by atoms with van der Waals surface area (Å²) in [7, 11) is 4.14. The third-order valence-corrected chi connectivity index (χ3v) is 3.51. The van der Waals surface area contributed by atoms with Crippen LogP contribution in [-0.2, 0) is 6.42 Å². The number of benzene rings is 2. The van der Waals surface area contributed by atoms with E-state index < -0.39 is 0 Å². The lowest BCUT2D eigenvalue weighted by Crippen LogP contribution is -2.15. The van der Waals surface area contributed by atoms with Crippen LogP contribution >= 0.6 is 0 Å². The lowest BCUT2D eigenvalue weighted by atomic mass is 10.1. The smallest absolute Gasteiger partial charge is 0.0361 e. The zero-order valence-corrected chi connectivity index (χ0v) is 12.6. The molecule has 0 aliphatic carbocycles. The zero-order valence-electron chi connectivity index (χ0n) is 12.6. The largest absolute Gasteiger partial charge is 0.383 e. The molecule has 2 aromatic rings. The molecule has 0 saturated heterocycles. The molecule has 0 bridgehead atoms. The fourth-order valence-electron chi connectivity index (χ4n) is 2.23. The van der Waals surface area contributed by atoms with E-state index in [0.29, 0.717) is 6.04 Å². The van der Waals surface area contributed by atoms with Crippen LogP contribution < -0.4 is 10.2 Å². The summed E-state index contributed by atoms with van der Waals surface area (Å²) in [6.45, 7) is 2.24. The minimum atomic E-state index is 0.478. The number of nitrogens with one attached hydrogen (secondary N) is 1. The van der Waals surface area contributed by atoms with E-state index in [0.717, 1.165) is 12.8 Å². The highest BCUT2D eigenvalue weighted by molar-refractivity contribution is 5.46. The number of hydrogen-bond acceptors (Lipinski definition) is 2. The van der Waals surface area contributed by atoms with Crippen LogP contribution in [0.3, 0.4) is 0 Å². The molecule has 106 valence electrons. The van der Waals surface area contributed by atoms with Gasteiger partial charge in [-0.05, 0) is 49.6 Å².